The molecule has 0 saturated heterocycles. The normalized spacial score (nSPS) is 10.1. The van der Waals surface area contributed by atoms with Crippen LogP contribution >= 0.6 is 0 Å². The molecule has 4 heteroatoms. The molecular formula is C13H22N2O2. The lowest BCUT2D eigenvalue weighted by Gasteiger charge is -2.19. The monoisotopic (exact) mass is 238 g/mol. The predicted octanol–water partition coefficient (Wildman–Crippen LogP) is 1.76. The topological polar surface area (TPSA) is 41.6 Å². The molecule has 0 bridgehead atoms. The Morgan fingerprint density at radius 2 is 2.06 bits per heavy atom. The summed E-state index contributed by atoms with van der Waals surface area (Å²) in [5.41, 5.74) is 1.67. The van der Waals surface area contributed by atoms with Gasteiger partial charge in [0.15, 0.2) is 0 Å². The van der Waals surface area contributed by atoms with Crippen LogP contribution in [0.1, 0.15) is 18.7 Å². The van der Waals surface area contributed by atoms with E-state index in [2.05, 4.69) is 21.9 Å². The number of hydrogen-bond donors (Lipinski definition) is 1. The number of anilines is 1. The third-order valence-corrected chi connectivity index (χ3v) is 2.60. The molecule has 0 radical (unpaired) electrons. The molecule has 17 heavy (non-hydrogen) atoms. The number of likely N-dealkylation sites (N-methyl/N-ethyl adjacent to an activating group) is 2. The average molecular weight is 238 g/mol. The summed E-state index contributed by atoms with van der Waals surface area (Å²) in [6.45, 7) is 4.96. The Balaban J connectivity index is 0.00000289. The first kappa shape index (κ1) is 13.5. The summed E-state index contributed by atoms with van der Waals surface area (Å²) in [5.74, 6) is -0.299. The number of nitrogens with one attached hydrogen (secondary N) is 1. The number of methoxy groups -OCH3 is 1. The van der Waals surface area contributed by atoms with Gasteiger partial charge in [-0.3, -0.25) is 0 Å². The highest BCUT2D eigenvalue weighted by atomic mass is 16.5. The first-order chi connectivity index (χ1) is 8.19. The molecule has 0 atom stereocenters. The van der Waals surface area contributed by atoms with E-state index >= 15 is 0 Å². The van der Waals surface area contributed by atoms with E-state index in [4.69, 9.17) is 0 Å². The van der Waals surface area contributed by atoms with Crippen molar-refractivity contribution in [2.24, 2.45) is 0 Å². The van der Waals surface area contributed by atoms with Gasteiger partial charge in [0.05, 0.1) is 12.7 Å². The van der Waals surface area contributed by atoms with Gasteiger partial charge >= 0.3 is 5.97 Å². The fraction of sp³-hybridized carbons (Fsp3) is 0.462. The van der Waals surface area contributed by atoms with E-state index in [9.17, 15) is 4.79 Å². The molecule has 0 heterocycles. The van der Waals surface area contributed by atoms with E-state index in [1.807, 2.05) is 19.2 Å². The SMILES string of the molecule is CCNCCN(C)c1ccc(C(=O)OC)cc1.[HH]. The summed E-state index contributed by atoms with van der Waals surface area (Å²) in [5, 5.41) is 3.27. The Morgan fingerprint density at radius 3 is 2.59 bits per heavy atom. The standard InChI is InChI=1S/C13H20N2O2.H2/c1-4-14-9-10-15(2)12-7-5-11(6-8-12)13(16)17-3;/h5-8,14H,4,9-10H2,1-3H3;1H. The van der Waals surface area contributed by atoms with Gasteiger partial charge in [0.1, 0.15) is 0 Å². The van der Waals surface area contributed by atoms with Gasteiger partial charge in [0.2, 0.25) is 0 Å². The first-order valence-corrected chi connectivity index (χ1v) is 5.79. The molecule has 1 aromatic carbocycles. The van der Waals surface area contributed by atoms with Crippen molar-refractivity contribution in [3.8, 4) is 0 Å². The Bertz CT molecular complexity index is 355. The van der Waals surface area contributed by atoms with E-state index in [-0.39, 0.29) is 7.40 Å². The van der Waals surface area contributed by atoms with Crippen LogP contribution in [0.15, 0.2) is 24.3 Å². The van der Waals surface area contributed by atoms with Gasteiger partial charge in [-0.1, -0.05) is 6.92 Å². The molecule has 96 valence electrons. The van der Waals surface area contributed by atoms with Gasteiger partial charge in [-0.15, -0.1) is 0 Å². The molecule has 0 aliphatic carbocycles. The average Bonchev–Trinajstić information content (AvgIpc) is 2.38. The Hall–Kier alpha value is -1.55. The number of carbonyl (C=O) groups excluding carboxylic acids is 1. The van der Waals surface area contributed by atoms with Crippen LogP contribution in [-0.2, 0) is 4.74 Å². The highest BCUT2D eigenvalue weighted by Gasteiger charge is 2.05. The Morgan fingerprint density at radius 1 is 1.41 bits per heavy atom. The van der Waals surface area contributed by atoms with Crippen LogP contribution in [0.3, 0.4) is 0 Å². The van der Waals surface area contributed by atoms with Gasteiger partial charge < -0.3 is 15.0 Å². The lowest BCUT2D eigenvalue weighted by Crippen LogP contribution is -2.28. The maximum Gasteiger partial charge on any atom is 0.337 e. The smallest absolute Gasteiger partial charge is 0.337 e. The van der Waals surface area contributed by atoms with Crippen molar-refractivity contribution in [2.45, 2.75) is 6.92 Å². The second kappa shape index (κ2) is 6.91. The second-order valence-electron chi connectivity index (χ2n) is 3.81. The van der Waals surface area contributed by atoms with Gasteiger partial charge in [0.25, 0.3) is 0 Å². The first-order valence-electron chi connectivity index (χ1n) is 5.79. The minimum Gasteiger partial charge on any atom is -0.465 e. The summed E-state index contributed by atoms with van der Waals surface area (Å²) in [6, 6.07) is 7.42. The van der Waals surface area contributed by atoms with Crippen molar-refractivity contribution < 1.29 is 11.0 Å². The predicted molar refractivity (Wildman–Crippen MR) is 71.7 cm³/mol. The van der Waals surface area contributed by atoms with E-state index in [1.54, 1.807) is 12.1 Å². The molecule has 0 saturated carbocycles. The molecule has 0 aromatic heterocycles. The molecule has 1 rings (SSSR count). The van der Waals surface area contributed by atoms with Crippen LogP contribution in [0.4, 0.5) is 5.69 Å². The van der Waals surface area contributed by atoms with Crippen LogP contribution in [0.25, 0.3) is 0 Å². The fourth-order valence-corrected chi connectivity index (χ4v) is 1.52. The third-order valence-electron chi connectivity index (χ3n) is 2.60. The van der Waals surface area contributed by atoms with Crippen molar-refractivity contribution >= 4 is 11.7 Å². The maximum atomic E-state index is 11.3. The number of hydrogen-bond acceptors (Lipinski definition) is 4. The zero-order chi connectivity index (χ0) is 12.7. The molecule has 0 spiro atoms. The molecule has 1 N–H and O–H groups in total. The number of carbonyl (C=O) groups is 1. The number of nitrogens with zero attached hydrogens (tertiary/aromatic N) is 1. The maximum absolute atomic E-state index is 11.3. The number of esters is 1. The molecule has 0 amide bonds. The molecule has 1 aromatic rings. The molecule has 0 fully saturated rings. The minimum absolute atomic E-state index is 0. The van der Waals surface area contributed by atoms with Crippen LogP contribution in [0.5, 0.6) is 0 Å². The minimum atomic E-state index is -0.299. The summed E-state index contributed by atoms with van der Waals surface area (Å²) in [4.78, 5) is 13.4. The van der Waals surface area contributed by atoms with Crippen molar-refractivity contribution in [1.29, 1.82) is 0 Å². The molecule has 0 aliphatic heterocycles. The number of benzene rings is 1. The zero-order valence-corrected chi connectivity index (χ0v) is 10.7. The van der Waals surface area contributed by atoms with Gasteiger partial charge in [-0.25, -0.2) is 4.79 Å². The van der Waals surface area contributed by atoms with Gasteiger partial charge in [-0.05, 0) is 30.8 Å². The van der Waals surface area contributed by atoms with Crippen LogP contribution in [0.2, 0.25) is 0 Å². The number of ether oxygens (including phenoxy) is 1. The lowest BCUT2D eigenvalue weighted by atomic mass is 10.2. The largest absolute Gasteiger partial charge is 0.465 e. The third kappa shape index (κ3) is 4.07. The zero-order valence-electron chi connectivity index (χ0n) is 10.7. The van der Waals surface area contributed by atoms with E-state index < -0.39 is 0 Å². The van der Waals surface area contributed by atoms with E-state index in [0.29, 0.717) is 5.56 Å². The number of rotatable bonds is 6. The fourth-order valence-electron chi connectivity index (χ4n) is 1.52. The second-order valence-corrected chi connectivity index (χ2v) is 3.81. The highest BCUT2D eigenvalue weighted by molar-refractivity contribution is 5.89. The van der Waals surface area contributed by atoms with Crippen molar-refractivity contribution in [2.75, 3.05) is 38.7 Å². The summed E-state index contributed by atoms with van der Waals surface area (Å²) in [7, 11) is 3.42. The van der Waals surface area contributed by atoms with Crippen molar-refractivity contribution in [3.05, 3.63) is 29.8 Å². The Labute approximate surface area is 104 Å². The summed E-state index contributed by atoms with van der Waals surface area (Å²) < 4.78 is 4.65. The van der Waals surface area contributed by atoms with Gasteiger partial charge in [0, 0.05) is 27.3 Å². The van der Waals surface area contributed by atoms with Crippen LogP contribution in [0, 0.1) is 0 Å². The molecule has 0 aliphatic rings. The van der Waals surface area contributed by atoms with Gasteiger partial charge in [-0.2, -0.15) is 0 Å². The van der Waals surface area contributed by atoms with E-state index in [0.717, 1.165) is 25.3 Å². The van der Waals surface area contributed by atoms with Crippen LogP contribution in [-0.4, -0.2) is 39.8 Å². The molecular weight excluding hydrogens is 216 g/mol. The van der Waals surface area contributed by atoms with E-state index in [1.165, 1.54) is 7.11 Å². The summed E-state index contributed by atoms with van der Waals surface area (Å²) in [6.07, 6.45) is 0. The van der Waals surface area contributed by atoms with Crippen molar-refractivity contribution in [1.82, 2.24) is 5.32 Å². The lowest BCUT2D eigenvalue weighted by molar-refractivity contribution is 0.0601. The highest BCUT2D eigenvalue weighted by Crippen LogP contribution is 2.13. The molecule has 0 unspecified atom stereocenters. The van der Waals surface area contributed by atoms with Crippen LogP contribution < -0.4 is 10.2 Å². The quantitative estimate of drug-likeness (QED) is 0.606. The molecule has 4 nitrogen and oxygen atoms in total. The Kier molecular flexibility index (Phi) is 5.49. The summed E-state index contributed by atoms with van der Waals surface area (Å²) >= 11 is 0. The van der Waals surface area contributed by atoms with Crippen molar-refractivity contribution in [3.63, 3.8) is 0 Å².